The van der Waals surface area contributed by atoms with E-state index in [1.807, 2.05) is 42.5 Å². The Labute approximate surface area is 149 Å². The number of ether oxygens (including phenoxy) is 1. The molecule has 130 valence electrons. The minimum Gasteiger partial charge on any atom is -0.508 e. The first-order chi connectivity index (χ1) is 12.7. The van der Waals surface area contributed by atoms with Crippen LogP contribution in [0.2, 0.25) is 0 Å². The molecule has 5 nitrogen and oxygen atoms in total. The maximum atomic E-state index is 9.84. The Morgan fingerprint density at radius 2 is 1.88 bits per heavy atom. The lowest BCUT2D eigenvalue weighted by Crippen LogP contribution is -2.04. The van der Waals surface area contributed by atoms with Gasteiger partial charge in [-0.3, -0.25) is 4.99 Å². The zero-order valence-corrected chi connectivity index (χ0v) is 14.2. The Morgan fingerprint density at radius 3 is 2.62 bits per heavy atom. The van der Waals surface area contributed by atoms with Crippen molar-refractivity contribution in [1.82, 2.24) is 0 Å². The zero-order chi connectivity index (χ0) is 17.9. The lowest BCUT2D eigenvalue weighted by molar-refractivity contribution is 0.415. The van der Waals surface area contributed by atoms with E-state index < -0.39 is 0 Å². The molecular formula is C21H17NO4. The Hall–Kier alpha value is -3.47. The minimum atomic E-state index is 0.166. The number of rotatable bonds is 4. The molecule has 2 aromatic heterocycles. The normalized spacial score (nSPS) is 11.8. The first-order valence-electron chi connectivity index (χ1n) is 8.17. The highest BCUT2D eigenvalue weighted by atomic mass is 16.5. The van der Waals surface area contributed by atoms with E-state index in [-0.39, 0.29) is 5.75 Å². The van der Waals surface area contributed by atoms with Gasteiger partial charge in [-0.1, -0.05) is 0 Å². The fourth-order valence-electron chi connectivity index (χ4n) is 2.75. The van der Waals surface area contributed by atoms with Crippen molar-refractivity contribution in [2.75, 3.05) is 7.11 Å². The Balaban J connectivity index is 1.86. The molecule has 0 saturated heterocycles. The molecule has 0 aliphatic rings. The number of methoxy groups -OCH3 is 1. The fourth-order valence-corrected chi connectivity index (χ4v) is 2.75. The van der Waals surface area contributed by atoms with Crippen LogP contribution < -0.4 is 10.1 Å². The maximum Gasteiger partial charge on any atom is 0.137 e. The zero-order valence-electron chi connectivity index (χ0n) is 14.2. The molecule has 4 rings (SSSR count). The summed E-state index contributed by atoms with van der Waals surface area (Å²) in [4.78, 5) is 4.65. The smallest absolute Gasteiger partial charge is 0.137 e. The number of aromatic hydroxyl groups is 1. The van der Waals surface area contributed by atoms with Crippen LogP contribution in [0.1, 0.15) is 5.76 Å². The third-order valence-electron chi connectivity index (χ3n) is 4.09. The first-order valence-corrected chi connectivity index (χ1v) is 8.17. The average Bonchev–Trinajstić information content (AvgIpc) is 3.20. The van der Waals surface area contributed by atoms with Gasteiger partial charge in [0.1, 0.15) is 28.6 Å². The molecule has 0 radical (unpaired) electrons. The number of furan rings is 1. The van der Waals surface area contributed by atoms with Gasteiger partial charge in [0.2, 0.25) is 0 Å². The van der Waals surface area contributed by atoms with Crippen LogP contribution in [-0.4, -0.2) is 12.2 Å². The third kappa shape index (κ3) is 3.19. The van der Waals surface area contributed by atoms with E-state index in [0.717, 1.165) is 27.8 Å². The van der Waals surface area contributed by atoms with Crippen LogP contribution >= 0.6 is 0 Å². The summed E-state index contributed by atoms with van der Waals surface area (Å²) in [6, 6.07) is 18.2. The lowest BCUT2D eigenvalue weighted by Gasteiger charge is -2.06. The van der Waals surface area contributed by atoms with Crippen molar-refractivity contribution >= 4 is 11.0 Å². The SMILES string of the molecule is COc1ccc(-c2cc(=NCc3ccco3)c3cc(O)ccc3o2)cc1. The summed E-state index contributed by atoms with van der Waals surface area (Å²) in [6.07, 6.45) is 1.62. The van der Waals surface area contributed by atoms with Crippen LogP contribution in [0.15, 0.2) is 80.8 Å². The molecule has 0 aliphatic heterocycles. The van der Waals surface area contributed by atoms with Gasteiger partial charge in [0, 0.05) is 17.0 Å². The molecule has 1 N–H and O–H groups in total. The van der Waals surface area contributed by atoms with E-state index in [4.69, 9.17) is 13.6 Å². The van der Waals surface area contributed by atoms with Crippen LogP contribution in [0, 0.1) is 0 Å². The third-order valence-corrected chi connectivity index (χ3v) is 4.09. The molecule has 0 aliphatic carbocycles. The molecule has 0 fully saturated rings. The van der Waals surface area contributed by atoms with E-state index in [1.165, 1.54) is 0 Å². The second kappa shape index (κ2) is 6.80. The molecule has 2 aromatic carbocycles. The second-order valence-electron chi connectivity index (χ2n) is 5.80. The molecule has 0 unspecified atom stereocenters. The summed E-state index contributed by atoms with van der Waals surface area (Å²) in [5.74, 6) is 2.40. The first kappa shape index (κ1) is 16.0. The summed E-state index contributed by atoms with van der Waals surface area (Å²) in [5, 5.41) is 11.3. The summed E-state index contributed by atoms with van der Waals surface area (Å²) < 4.78 is 16.6. The number of nitrogens with zero attached hydrogens (tertiary/aromatic N) is 1. The van der Waals surface area contributed by atoms with Crippen molar-refractivity contribution in [2.45, 2.75) is 6.54 Å². The van der Waals surface area contributed by atoms with E-state index in [1.54, 1.807) is 31.6 Å². The van der Waals surface area contributed by atoms with Gasteiger partial charge in [-0.25, -0.2) is 0 Å². The summed E-state index contributed by atoms with van der Waals surface area (Å²) in [6.45, 7) is 0.407. The van der Waals surface area contributed by atoms with Gasteiger partial charge in [-0.15, -0.1) is 0 Å². The van der Waals surface area contributed by atoms with Crippen molar-refractivity contribution in [3.63, 3.8) is 0 Å². The van der Waals surface area contributed by atoms with E-state index in [0.29, 0.717) is 17.9 Å². The molecular weight excluding hydrogens is 330 g/mol. The van der Waals surface area contributed by atoms with Crippen molar-refractivity contribution < 1.29 is 18.7 Å². The molecule has 0 atom stereocenters. The molecule has 0 amide bonds. The number of phenols is 1. The van der Waals surface area contributed by atoms with Crippen molar-refractivity contribution in [3.8, 4) is 22.8 Å². The van der Waals surface area contributed by atoms with Gasteiger partial charge in [0.15, 0.2) is 0 Å². The largest absolute Gasteiger partial charge is 0.508 e. The predicted octanol–water partition coefficient (Wildman–Crippen LogP) is 4.51. The summed E-state index contributed by atoms with van der Waals surface area (Å²) in [5.41, 5.74) is 1.56. The molecule has 0 saturated carbocycles. The van der Waals surface area contributed by atoms with Gasteiger partial charge in [-0.05, 0) is 54.6 Å². The van der Waals surface area contributed by atoms with E-state index in [9.17, 15) is 5.11 Å². The molecule has 26 heavy (non-hydrogen) atoms. The van der Waals surface area contributed by atoms with Crippen LogP contribution in [0.3, 0.4) is 0 Å². The Kier molecular flexibility index (Phi) is 4.19. The molecule has 0 bridgehead atoms. The van der Waals surface area contributed by atoms with Crippen molar-refractivity contribution in [3.05, 3.63) is 78.0 Å². The number of hydrogen-bond acceptors (Lipinski definition) is 5. The molecule has 0 spiro atoms. The Bertz CT molecular complexity index is 1090. The molecule has 4 aromatic rings. The number of benzene rings is 2. The second-order valence-corrected chi connectivity index (χ2v) is 5.80. The summed E-state index contributed by atoms with van der Waals surface area (Å²) >= 11 is 0. The molecule has 2 heterocycles. The van der Waals surface area contributed by atoms with Crippen molar-refractivity contribution in [2.24, 2.45) is 4.99 Å². The highest BCUT2D eigenvalue weighted by Gasteiger charge is 2.07. The number of fused-ring (bicyclic) bond motifs is 1. The quantitative estimate of drug-likeness (QED) is 0.590. The summed E-state index contributed by atoms with van der Waals surface area (Å²) in [7, 11) is 1.63. The lowest BCUT2D eigenvalue weighted by atomic mass is 10.1. The number of phenolic OH excluding ortho intramolecular Hbond substituents is 1. The molecule has 5 heteroatoms. The minimum absolute atomic E-state index is 0.166. The van der Waals surface area contributed by atoms with Gasteiger partial charge in [-0.2, -0.15) is 0 Å². The monoisotopic (exact) mass is 347 g/mol. The van der Waals surface area contributed by atoms with Crippen molar-refractivity contribution in [1.29, 1.82) is 0 Å². The highest BCUT2D eigenvalue weighted by Crippen LogP contribution is 2.26. The Morgan fingerprint density at radius 1 is 1.04 bits per heavy atom. The van der Waals surface area contributed by atoms with Crippen LogP contribution in [-0.2, 0) is 6.54 Å². The fraction of sp³-hybridized carbons (Fsp3) is 0.0952. The van der Waals surface area contributed by atoms with E-state index in [2.05, 4.69) is 4.99 Å². The predicted molar refractivity (Wildman–Crippen MR) is 97.8 cm³/mol. The van der Waals surface area contributed by atoms with Crippen LogP contribution in [0.5, 0.6) is 11.5 Å². The van der Waals surface area contributed by atoms with Gasteiger partial charge >= 0.3 is 0 Å². The van der Waals surface area contributed by atoms with Crippen LogP contribution in [0.25, 0.3) is 22.3 Å². The maximum absolute atomic E-state index is 9.84. The topological polar surface area (TPSA) is 68.1 Å². The van der Waals surface area contributed by atoms with E-state index >= 15 is 0 Å². The van der Waals surface area contributed by atoms with Gasteiger partial charge in [0.05, 0.1) is 25.3 Å². The van der Waals surface area contributed by atoms with Gasteiger partial charge < -0.3 is 18.7 Å². The van der Waals surface area contributed by atoms with Crippen LogP contribution in [0.4, 0.5) is 0 Å². The highest BCUT2D eigenvalue weighted by molar-refractivity contribution is 5.80. The standard InChI is InChI=1S/C21H17NO4/c1-24-16-7-4-14(5-8-16)21-12-19(22-13-17-3-2-10-25-17)18-11-15(23)6-9-20(18)26-21/h2-12,23H,13H2,1H3. The van der Waals surface area contributed by atoms with Gasteiger partial charge in [0.25, 0.3) is 0 Å². The average molecular weight is 347 g/mol. The number of hydrogen-bond donors (Lipinski definition) is 1.